The molecule has 0 unspecified atom stereocenters. The summed E-state index contributed by atoms with van der Waals surface area (Å²) in [5.41, 5.74) is 16.8. The van der Waals surface area contributed by atoms with E-state index < -0.39 is 0 Å². The molecule has 0 spiro atoms. The van der Waals surface area contributed by atoms with Crippen LogP contribution in [-0.2, 0) is 0 Å². The molecule has 0 bridgehead atoms. The fourth-order valence-corrected chi connectivity index (χ4v) is 8.74. The maximum absolute atomic E-state index is 6.15. The summed E-state index contributed by atoms with van der Waals surface area (Å²) in [6.45, 7) is 0. The Morgan fingerprint density at radius 3 is 1.47 bits per heavy atom. The predicted octanol–water partition coefficient (Wildman–Crippen LogP) is 16.5. The molecule has 1 aromatic heterocycles. The Hall–Kier alpha value is -7.94. The minimum atomic E-state index is 0.901. The van der Waals surface area contributed by atoms with Gasteiger partial charge in [0.25, 0.3) is 0 Å². The lowest BCUT2D eigenvalue weighted by atomic mass is 9.88. The minimum absolute atomic E-state index is 0.901. The van der Waals surface area contributed by atoms with Gasteiger partial charge in [-0.1, -0.05) is 182 Å². The number of benzene rings is 10. The quantitative estimate of drug-likeness (QED) is 0.153. The van der Waals surface area contributed by atoms with Crippen molar-refractivity contribution in [3.63, 3.8) is 0 Å². The Labute approximate surface area is 349 Å². The molecule has 60 heavy (non-hydrogen) atoms. The summed E-state index contributed by atoms with van der Waals surface area (Å²) in [6, 6.07) is 85.0. The molecule has 0 amide bonds. The first-order valence-electron chi connectivity index (χ1n) is 20.5. The monoisotopic (exact) mass is 765 g/mol. The number of anilines is 3. The van der Waals surface area contributed by atoms with Crippen LogP contribution in [0.1, 0.15) is 0 Å². The number of hydrogen-bond donors (Lipinski definition) is 0. The highest BCUT2D eigenvalue weighted by Gasteiger charge is 2.20. The van der Waals surface area contributed by atoms with E-state index in [-0.39, 0.29) is 0 Å². The van der Waals surface area contributed by atoms with Gasteiger partial charge in [-0.05, 0) is 115 Å². The van der Waals surface area contributed by atoms with Crippen molar-refractivity contribution in [2.24, 2.45) is 0 Å². The summed E-state index contributed by atoms with van der Waals surface area (Å²) in [5, 5.41) is 4.74. The van der Waals surface area contributed by atoms with Gasteiger partial charge < -0.3 is 9.32 Å². The van der Waals surface area contributed by atoms with Gasteiger partial charge in [-0.15, -0.1) is 0 Å². The molecular formula is C58H39NO. The molecule has 0 N–H and O–H groups in total. The third-order valence-electron chi connectivity index (χ3n) is 11.7. The Morgan fingerprint density at radius 2 is 0.750 bits per heavy atom. The van der Waals surface area contributed by atoms with Gasteiger partial charge in [-0.2, -0.15) is 0 Å². The van der Waals surface area contributed by atoms with Crippen LogP contribution in [0.15, 0.2) is 241 Å². The predicted molar refractivity (Wildman–Crippen MR) is 253 cm³/mol. The van der Waals surface area contributed by atoms with Gasteiger partial charge in [0, 0.05) is 27.7 Å². The van der Waals surface area contributed by atoms with Gasteiger partial charge >= 0.3 is 0 Å². The van der Waals surface area contributed by atoms with Crippen LogP contribution >= 0.6 is 0 Å². The Morgan fingerprint density at radius 1 is 0.267 bits per heavy atom. The highest BCUT2D eigenvalue weighted by atomic mass is 16.3. The average molecular weight is 766 g/mol. The second kappa shape index (κ2) is 15.1. The Bertz CT molecular complexity index is 3310. The summed E-state index contributed by atoms with van der Waals surface area (Å²) in [7, 11) is 0. The Balaban J connectivity index is 1.04. The normalized spacial score (nSPS) is 11.3. The van der Waals surface area contributed by atoms with Gasteiger partial charge in [-0.25, -0.2) is 0 Å². The molecule has 2 nitrogen and oxygen atoms in total. The van der Waals surface area contributed by atoms with E-state index in [9.17, 15) is 0 Å². The number of furan rings is 1. The zero-order chi connectivity index (χ0) is 39.8. The van der Waals surface area contributed by atoms with Crippen LogP contribution < -0.4 is 4.90 Å². The fraction of sp³-hybridized carbons (Fsp3) is 0. The van der Waals surface area contributed by atoms with Crippen LogP contribution in [0.5, 0.6) is 0 Å². The van der Waals surface area contributed by atoms with E-state index in [0.29, 0.717) is 0 Å². The lowest BCUT2D eigenvalue weighted by molar-refractivity contribution is 0.669. The van der Waals surface area contributed by atoms with Crippen molar-refractivity contribution in [3.05, 3.63) is 237 Å². The van der Waals surface area contributed by atoms with E-state index in [1.54, 1.807) is 0 Å². The smallest absolute Gasteiger partial charge is 0.135 e. The standard InChI is InChI=1S/C58H39NO/c1-2-15-43(16-3-1)49-18-6-7-19-50(49)51-20-8-9-21-52(51)53-22-10-12-24-56(53)59(47-33-28-41(29-34-47)45-27-26-40-14-4-5-17-44(40)38-45)48-35-30-42(31-36-48)46-32-37-58-55(39-46)54-23-11-13-25-57(54)60-58/h1-39H. The number of hydrogen-bond acceptors (Lipinski definition) is 2. The van der Waals surface area contributed by atoms with Crippen LogP contribution in [0.4, 0.5) is 17.1 Å². The van der Waals surface area contributed by atoms with E-state index in [1.807, 2.05) is 12.1 Å². The fourth-order valence-electron chi connectivity index (χ4n) is 8.74. The molecule has 282 valence electrons. The average Bonchev–Trinajstić information content (AvgIpc) is 3.70. The van der Waals surface area contributed by atoms with Gasteiger partial charge in [0.2, 0.25) is 0 Å². The lowest BCUT2D eigenvalue weighted by Crippen LogP contribution is -2.11. The van der Waals surface area contributed by atoms with Crippen molar-refractivity contribution in [1.29, 1.82) is 0 Å². The minimum Gasteiger partial charge on any atom is -0.456 e. The van der Waals surface area contributed by atoms with Crippen LogP contribution in [-0.4, -0.2) is 0 Å². The maximum atomic E-state index is 6.15. The van der Waals surface area contributed by atoms with Gasteiger partial charge in [0.1, 0.15) is 11.2 Å². The largest absolute Gasteiger partial charge is 0.456 e. The zero-order valence-electron chi connectivity index (χ0n) is 32.9. The topological polar surface area (TPSA) is 16.4 Å². The molecule has 0 radical (unpaired) electrons. The van der Waals surface area contributed by atoms with E-state index in [2.05, 4.69) is 229 Å². The van der Waals surface area contributed by atoms with Crippen LogP contribution in [0.3, 0.4) is 0 Å². The molecule has 0 aliphatic carbocycles. The first-order valence-corrected chi connectivity index (χ1v) is 20.5. The molecule has 0 saturated carbocycles. The molecule has 1 heterocycles. The molecular weight excluding hydrogens is 727 g/mol. The van der Waals surface area contributed by atoms with Crippen molar-refractivity contribution in [3.8, 4) is 55.6 Å². The van der Waals surface area contributed by atoms with Gasteiger partial charge in [-0.3, -0.25) is 0 Å². The highest BCUT2D eigenvalue weighted by molar-refractivity contribution is 6.06. The van der Waals surface area contributed by atoms with Gasteiger partial charge in [0.15, 0.2) is 0 Å². The second-order valence-electron chi connectivity index (χ2n) is 15.3. The zero-order valence-corrected chi connectivity index (χ0v) is 32.9. The molecule has 11 aromatic rings. The molecule has 0 aliphatic rings. The lowest BCUT2D eigenvalue weighted by Gasteiger charge is -2.29. The third-order valence-corrected chi connectivity index (χ3v) is 11.7. The van der Waals surface area contributed by atoms with Crippen LogP contribution in [0.25, 0.3) is 88.3 Å². The summed E-state index contributed by atoms with van der Waals surface area (Å²) >= 11 is 0. The molecule has 10 aromatic carbocycles. The SMILES string of the molecule is c1ccc(-c2ccccc2-c2ccccc2-c2ccccc2N(c2ccc(-c3ccc4ccccc4c3)cc2)c2ccc(-c3ccc4oc5ccccc5c4c3)cc2)cc1. The number of fused-ring (bicyclic) bond motifs is 4. The second-order valence-corrected chi connectivity index (χ2v) is 15.3. The molecule has 11 rings (SSSR count). The molecule has 0 atom stereocenters. The summed E-state index contributed by atoms with van der Waals surface area (Å²) in [4.78, 5) is 2.40. The highest BCUT2D eigenvalue weighted by Crippen LogP contribution is 2.46. The van der Waals surface area contributed by atoms with Crippen molar-refractivity contribution in [1.82, 2.24) is 0 Å². The van der Waals surface area contributed by atoms with E-state index >= 15 is 0 Å². The Kier molecular flexibility index (Phi) is 8.87. The molecule has 0 fully saturated rings. The number of para-hydroxylation sites is 2. The third kappa shape index (κ3) is 6.41. The number of nitrogens with zero attached hydrogens (tertiary/aromatic N) is 1. The van der Waals surface area contributed by atoms with E-state index in [0.717, 1.165) is 55.7 Å². The first-order chi connectivity index (χ1) is 29.7. The van der Waals surface area contributed by atoms with Crippen molar-refractivity contribution < 1.29 is 4.42 Å². The van der Waals surface area contributed by atoms with Crippen molar-refractivity contribution in [2.45, 2.75) is 0 Å². The molecule has 0 aliphatic heterocycles. The summed E-state index contributed by atoms with van der Waals surface area (Å²) < 4.78 is 6.15. The van der Waals surface area contributed by atoms with E-state index in [4.69, 9.17) is 4.42 Å². The molecule has 0 saturated heterocycles. The first kappa shape index (κ1) is 35.2. The summed E-state index contributed by atoms with van der Waals surface area (Å²) in [5.74, 6) is 0. The molecule has 2 heteroatoms. The van der Waals surface area contributed by atoms with Crippen molar-refractivity contribution >= 4 is 49.8 Å². The maximum Gasteiger partial charge on any atom is 0.135 e. The van der Waals surface area contributed by atoms with E-state index in [1.165, 1.54) is 49.7 Å². The van der Waals surface area contributed by atoms with Crippen LogP contribution in [0, 0.1) is 0 Å². The number of rotatable bonds is 8. The van der Waals surface area contributed by atoms with Gasteiger partial charge in [0.05, 0.1) is 5.69 Å². The van der Waals surface area contributed by atoms with Crippen LogP contribution in [0.2, 0.25) is 0 Å². The van der Waals surface area contributed by atoms with Crippen molar-refractivity contribution in [2.75, 3.05) is 4.90 Å². The summed E-state index contributed by atoms with van der Waals surface area (Å²) in [6.07, 6.45) is 0.